The van der Waals surface area contributed by atoms with Gasteiger partial charge in [-0.1, -0.05) is 36.7 Å². The number of hydrogen-bond acceptors (Lipinski definition) is 4. The third-order valence-corrected chi connectivity index (χ3v) is 4.15. The van der Waals surface area contributed by atoms with Crippen molar-refractivity contribution in [2.75, 3.05) is 19.6 Å². The summed E-state index contributed by atoms with van der Waals surface area (Å²) in [5.74, 6) is 1.56. The molecule has 27 heavy (non-hydrogen) atoms. The average Bonchev–Trinajstić information content (AvgIpc) is 2.97. The van der Waals surface area contributed by atoms with E-state index in [2.05, 4.69) is 25.8 Å². The van der Waals surface area contributed by atoms with Crippen LogP contribution < -0.4 is 10.6 Å². The fourth-order valence-corrected chi connectivity index (χ4v) is 2.89. The lowest BCUT2D eigenvalue weighted by Crippen LogP contribution is -2.39. The quantitative estimate of drug-likeness (QED) is 0.337. The van der Waals surface area contributed by atoms with Crippen LogP contribution in [0.2, 0.25) is 5.02 Å². The maximum Gasteiger partial charge on any atom is 0.228 e. The van der Waals surface area contributed by atoms with E-state index in [9.17, 15) is 4.39 Å². The third-order valence-electron chi connectivity index (χ3n) is 3.84. The maximum absolute atomic E-state index is 13.3. The summed E-state index contributed by atoms with van der Waals surface area (Å²) in [5, 5.41) is 10.6. The molecule has 1 heterocycles. The van der Waals surface area contributed by atoms with Gasteiger partial charge in [0.05, 0.1) is 6.54 Å². The molecule has 0 atom stereocenters. The van der Waals surface area contributed by atoms with Crippen LogP contribution >= 0.6 is 35.6 Å². The van der Waals surface area contributed by atoms with Crippen LogP contribution in [0.3, 0.4) is 0 Å². The van der Waals surface area contributed by atoms with Crippen LogP contribution in [0.15, 0.2) is 27.7 Å². The van der Waals surface area contributed by atoms with Gasteiger partial charge in [-0.15, -0.1) is 24.0 Å². The summed E-state index contributed by atoms with van der Waals surface area (Å²) >= 11 is 6.20. The summed E-state index contributed by atoms with van der Waals surface area (Å²) in [6, 6.07) is 4.46. The van der Waals surface area contributed by atoms with E-state index in [4.69, 9.17) is 16.1 Å². The highest BCUT2D eigenvalue weighted by Crippen LogP contribution is 2.30. The summed E-state index contributed by atoms with van der Waals surface area (Å²) < 4.78 is 18.4. The van der Waals surface area contributed by atoms with Gasteiger partial charge in [-0.3, -0.25) is 4.99 Å². The van der Waals surface area contributed by atoms with Gasteiger partial charge in [0.1, 0.15) is 5.82 Å². The Morgan fingerprint density at radius 2 is 2.07 bits per heavy atom. The van der Waals surface area contributed by atoms with Crippen LogP contribution in [-0.2, 0) is 11.8 Å². The first-order valence-corrected chi connectivity index (χ1v) is 8.96. The highest BCUT2D eigenvalue weighted by molar-refractivity contribution is 14.0. The number of nitrogens with one attached hydrogen (secondary N) is 2. The molecule has 9 heteroatoms. The molecule has 0 fully saturated rings. The van der Waals surface area contributed by atoms with E-state index in [1.165, 1.54) is 12.1 Å². The Morgan fingerprint density at radius 3 is 2.67 bits per heavy atom. The molecule has 0 saturated carbocycles. The van der Waals surface area contributed by atoms with Crippen molar-refractivity contribution in [3.05, 3.63) is 46.3 Å². The monoisotopic (exact) mass is 509 g/mol. The van der Waals surface area contributed by atoms with Crippen LogP contribution in [0.5, 0.6) is 0 Å². The van der Waals surface area contributed by atoms with Crippen LogP contribution in [-0.4, -0.2) is 35.7 Å². The lowest BCUT2D eigenvalue weighted by atomic mass is 9.84. The predicted octanol–water partition coefficient (Wildman–Crippen LogP) is 3.86. The molecule has 0 saturated heterocycles. The number of benzene rings is 1. The van der Waals surface area contributed by atoms with Gasteiger partial charge in [0.25, 0.3) is 0 Å². The lowest BCUT2D eigenvalue weighted by molar-refractivity contribution is 0.374. The number of guanidine groups is 1. The van der Waals surface area contributed by atoms with Crippen molar-refractivity contribution >= 4 is 41.5 Å². The van der Waals surface area contributed by atoms with Gasteiger partial charge in [-0.2, -0.15) is 4.98 Å². The van der Waals surface area contributed by atoms with Gasteiger partial charge in [-0.25, -0.2) is 4.39 Å². The van der Waals surface area contributed by atoms with E-state index in [0.29, 0.717) is 42.2 Å². The molecule has 0 bridgehead atoms. The Balaban J connectivity index is 0.00000364. The first-order chi connectivity index (χ1) is 12.3. The van der Waals surface area contributed by atoms with Gasteiger partial charge in [-0.05, 0) is 31.5 Å². The Morgan fingerprint density at radius 1 is 1.33 bits per heavy atom. The van der Waals surface area contributed by atoms with Gasteiger partial charge >= 0.3 is 0 Å². The normalized spacial score (nSPS) is 11.9. The van der Waals surface area contributed by atoms with Gasteiger partial charge < -0.3 is 15.2 Å². The molecule has 2 rings (SSSR count). The van der Waals surface area contributed by atoms with E-state index < -0.39 is 0 Å². The van der Waals surface area contributed by atoms with E-state index in [1.54, 1.807) is 13.0 Å². The van der Waals surface area contributed by atoms with Crippen LogP contribution in [0.1, 0.15) is 38.0 Å². The van der Waals surface area contributed by atoms with Crippen molar-refractivity contribution in [3.63, 3.8) is 0 Å². The second kappa shape index (κ2) is 10.8. The topological polar surface area (TPSA) is 75.3 Å². The number of aliphatic imine (C=N–C) groups is 1. The third kappa shape index (κ3) is 7.25. The molecule has 0 spiro atoms. The first kappa shape index (κ1) is 23.6. The molecule has 6 nitrogen and oxygen atoms in total. The van der Waals surface area contributed by atoms with Gasteiger partial charge in [0, 0.05) is 29.9 Å². The Kier molecular flexibility index (Phi) is 9.44. The molecule has 1 aromatic heterocycles. The second-order valence-corrected chi connectivity index (χ2v) is 7.02. The standard InChI is InChI=1S/C18H25ClFN5O.HI/c1-5-21-17(22-9-8-16-24-12(2)25-26-16)23-11-18(3,4)14-7-6-13(20)10-15(14)19;/h6-7,10H,5,8-9,11H2,1-4H3,(H2,21,22,23);1H. The number of nitrogens with zero attached hydrogens (tertiary/aromatic N) is 3. The smallest absolute Gasteiger partial charge is 0.228 e. The highest BCUT2D eigenvalue weighted by atomic mass is 127. The van der Waals surface area contributed by atoms with Gasteiger partial charge in [0.2, 0.25) is 5.89 Å². The molecule has 0 aliphatic rings. The molecular formula is C18H26ClFIN5O. The second-order valence-electron chi connectivity index (χ2n) is 6.62. The number of hydrogen-bond donors (Lipinski definition) is 2. The van der Waals surface area contributed by atoms with E-state index in [-0.39, 0.29) is 35.2 Å². The van der Waals surface area contributed by atoms with Crippen LogP contribution in [0.4, 0.5) is 4.39 Å². The molecule has 2 aromatic rings. The molecule has 0 unspecified atom stereocenters. The van der Waals surface area contributed by atoms with Crippen LogP contribution in [0.25, 0.3) is 0 Å². The zero-order valence-electron chi connectivity index (χ0n) is 16.0. The SMILES string of the molecule is CCNC(=NCC(C)(C)c1ccc(F)cc1Cl)NCCc1nc(C)no1.I. The summed E-state index contributed by atoms with van der Waals surface area (Å²) in [6.07, 6.45) is 0.610. The van der Waals surface area contributed by atoms with Crippen molar-refractivity contribution in [3.8, 4) is 0 Å². The number of aryl methyl sites for hydroxylation is 1. The molecule has 0 radical (unpaired) electrons. The summed E-state index contributed by atoms with van der Waals surface area (Å²) in [7, 11) is 0. The Bertz CT molecular complexity index is 766. The lowest BCUT2D eigenvalue weighted by Gasteiger charge is -2.25. The summed E-state index contributed by atoms with van der Waals surface area (Å²) in [5.41, 5.74) is 0.526. The minimum Gasteiger partial charge on any atom is -0.357 e. The molecule has 0 amide bonds. The van der Waals surface area contributed by atoms with E-state index >= 15 is 0 Å². The minimum atomic E-state index is -0.343. The van der Waals surface area contributed by atoms with Gasteiger partial charge in [0.15, 0.2) is 11.8 Å². The number of rotatable bonds is 7. The zero-order valence-corrected chi connectivity index (χ0v) is 19.1. The fraction of sp³-hybridized carbons (Fsp3) is 0.500. The fourth-order valence-electron chi connectivity index (χ4n) is 2.47. The summed E-state index contributed by atoms with van der Waals surface area (Å²) in [4.78, 5) is 8.81. The van der Waals surface area contributed by atoms with E-state index in [1.807, 2.05) is 20.8 Å². The average molecular weight is 510 g/mol. The number of aromatic nitrogens is 2. The highest BCUT2D eigenvalue weighted by Gasteiger charge is 2.23. The van der Waals surface area contributed by atoms with Crippen LogP contribution in [0, 0.1) is 12.7 Å². The molecular weight excluding hydrogens is 484 g/mol. The Hall–Kier alpha value is -1.42. The van der Waals surface area contributed by atoms with Crippen molar-refractivity contribution < 1.29 is 8.91 Å². The van der Waals surface area contributed by atoms with Crippen molar-refractivity contribution in [2.45, 2.75) is 39.5 Å². The molecule has 0 aliphatic heterocycles. The zero-order chi connectivity index (χ0) is 19.2. The molecule has 150 valence electrons. The van der Waals surface area contributed by atoms with Crippen molar-refractivity contribution in [1.29, 1.82) is 0 Å². The maximum atomic E-state index is 13.3. The predicted molar refractivity (Wildman–Crippen MR) is 117 cm³/mol. The molecule has 2 N–H and O–H groups in total. The Labute approximate surface area is 181 Å². The molecule has 1 aromatic carbocycles. The summed E-state index contributed by atoms with van der Waals surface area (Å²) in [6.45, 7) is 9.69. The van der Waals surface area contributed by atoms with Crippen molar-refractivity contribution in [1.82, 2.24) is 20.8 Å². The first-order valence-electron chi connectivity index (χ1n) is 8.58. The van der Waals surface area contributed by atoms with Crippen molar-refractivity contribution in [2.24, 2.45) is 4.99 Å². The largest absolute Gasteiger partial charge is 0.357 e. The molecule has 0 aliphatic carbocycles. The minimum absolute atomic E-state index is 0. The van der Waals surface area contributed by atoms with E-state index in [0.717, 1.165) is 12.1 Å². The number of halogens is 3.